The summed E-state index contributed by atoms with van der Waals surface area (Å²) in [4.78, 5) is 0. The number of hydrogen-bond donors (Lipinski definition) is 0. The van der Waals surface area contributed by atoms with E-state index >= 15 is 0 Å². The van der Waals surface area contributed by atoms with E-state index in [-0.39, 0.29) is 18.1 Å². The van der Waals surface area contributed by atoms with Gasteiger partial charge in [0.2, 0.25) is 5.76 Å². The van der Waals surface area contributed by atoms with Crippen LogP contribution in [0.4, 0.5) is 17.6 Å². The van der Waals surface area contributed by atoms with Gasteiger partial charge < -0.3 is 9.15 Å². The first-order valence-corrected chi connectivity index (χ1v) is 4.91. The summed E-state index contributed by atoms with van der Waals surface area (Å²) in [6, 6.07) is 8.27. The van der Waals surface area contributed by atoms with Crippen molar-refractivity contribution >= 4 is 0 Å². The Bertz CT molecular complexity index is 531. The van der Waals surface area contributed by atoms with Gasteiger partial charge in [-0.15, -0.1) is 0 Å². The average Bonchev–Trinajstić information content (AvgIpc) is 2.76. The van der Waals surface area contributed by atoms with Gasteiger partial charge in [0, 0.05) is 0 Å². The van der Waals surface area contributed by atoms with E-state index < -0.39 is 17.8 Å². The molecule has 0 amide bonds. The second-order valence-electron chi connectivity index (χ2n) is 3.41. The molecule has 0 atom stereocenters. The van der Waals surface area contributed by atoms with Crippen LogP contribution in [-0.2, 0) is 12.8 Å². The Hall–Kier alpha value is -1.98. The summed E-state index contributed by atoms with van der Waals surface area (Å²) in [7, 11) is 0. The minimum Gasteiger partial charge on any atom is -0.483 e. The SMILES string of the molecule is Fc1cc[c]cc1OCc1ccc(C(F)(F)F)o1. The predicted molar refractivity (Wildman–Crippen MR) is 53.3 cm³/mol. The topological polar surface area (TPSA) is 22.4 Å². The number of benzene rings is 1. The fraction of sp³-hybridized carbons (Fsp3) is 0.167. The first-order chi connectivity index (χ1) is 8.47. The molecular weight excluding hydrogens is 252 g/mol. The maximum atomic E-state index is 13.1. The zero-order chi connectivity index (χ0) is 13.2. The molecular formula is C12H7F4O2. The molecule has 0 aliphatic heterocycles. The van der Waals surface area contributed by atoms with Crippen LogP contribution in [0.2, 0.25) is 0 Å². The average molecular weight is 259 g/mol. The van der Waals surface area contributed by atoms with E-state index in [1.165, 1.54) is 12.1 Å². The largest absolute Gasteiger partial charge is 0.483 e. The number of alkyl halides is 3. The summed E-state index contributed by atoms with van der Waals surface area (Å²) in [6.07, 6.45) is -4.54. The van der Waals surface area contributed by atoms with Crippen molar-refractivity contribution in [3.8, 4) is 5.75 Å². The summed E-state index contributed by atoms with van der Waals surface area (Å²) in [6.45, 7) is -0.287. The molecule has 1 heterocycles. The van der Waals surface area contributed by atoms with E-state index in [0.717, 1.165) is 18.2 Å². The van der Waals surface area contributed by atoms with Crippen LogP contribution in [0.25, 0.3) is 0 Å². The molecule has 0 aliphatic rings. The quantitative estimate of drug-likeness (QED) is 0.782. The van der Waals surface area contributed by atoms with E-state index in [0.29, 0.717) is 0 Å². The molecule has 0 bridgehead atoms. The smallest absolute Gasteiger partial charge is 0.449 e. The summed E-state index contributed by atoms with van der Waals surface area (Å²) >= 11 is 0. The Kier molecular flexibility index (Phi) is 3.27. The van der Waals surface area contributed by atoms with E-state index in [4.69, 9.17) is 4.74 Å². The molecule has 18 heavy (non-hydrogen) atoms. The molecule has 2 rings (SSSR count). The lowest BCUT2D eigenvalue weighted by atomic mass is 10.3. The van der Waals surface area contributed by atoms with Crippen LogP contribution in [0.3, 0.4) is 0 Å². The Morgan fingerprint density at radius 1 is 1.22 bits per heavy atom. The minimum absolute atomic E-state index is 0.0365. The number of rotatable bonds is 3. The van der Waals surface area contributed by atoms with Crippen LogP contribution >= 0.6 is 0 Å². The van der Waals surface area contributed by atoms with Crippen molar-refractivity contribution in [2.45, 2.75) is 12.8 Å². The molecule has 0 saturated heterocycles. The number of ether oxygens (including phenoxy) is 1. The molecule has 95 valence electrons. The Morgan fingerprint density at radius 2 is 2.00 bits per heavy atom. The van der Waals surface area contributed by atoms with Gasteiger partial charge in [0.25, 0.3) is 0 Å². The van der Waals surface area contributed by atoms with Crippen molar-refractivity contribution in [3.05, 3.63) is 53.7 Å². The summed E-state index contributed by atoms with van der Waals surface area (Å²) in [5, 5.41) is 0. The molecule has 0 spiro atoms. The highest BCUT2D eigenvalue weighted by Crippen LogP contribution is 2.30. The van der Waals surface area contributed by atoms with Gasteiger partial charge in [-0.05, 0) is 30.3 Å². The molecule has 0 fully saturated rings. The van der Waals surface area contributed by atoms with E-state index in [2.05, 4.69) is 10.5 Å². The van der Waals surface area contributed by atoms with Crippen molar-refractivity contribution in [2.24, 2.45) is 0 Å². The third kappa shape index (κ3) is 2.82. The minimum atomic E-state index is -4.54. The van der Waals surface area contributed by atoms with Crippen molar-refractivity contribution in [1.29, 1.82) is 0 Å². The molecule has 0 N–H and O–H groups in total. The van der Waals surface area contributed by atoms with Gasteiger partial charge in [0.05, 0.1) is 0 Å². The van der Waals surface area contributed by atoms with Gasteiger partial charge in [0.15, 0.2) is 11.6 Å². The first kappa shape index (κ1) is 12.5. The first-order valence-electron chi connectivity index (χ1n) is 4.91. The lowest BCUT2D eigenvalue weighted by Crippen LogP contribution is -2.02. The predicted octanol–water partition coefficient (Wildman–Crippen LogP) is 3.82. The molecule has 0 aliphatic carbocycles. The second-order valence-corrected chi connectivity index (χ2v) is 3.41. The number of furan rings is 1. The normalized spacial score (nSPS) is 11.6. The summed E-state index contributed by atoms with van der Waals surface area (Å²) in [5.41, 5.74) is 0. The molecule has 0 saturated carbocycles. The van der Waals surface area contributed by atoms with Crippen LogP contribution in [0.15, 0.2) is 34.7 Å². The van der Waals surface area contributed by atoms with E-state index in [9.17, 15) is 17.6 Å². The fourth-order valence-electron chi connectivity index (χ4n) is 1.26. The van der Waals surface area contributed by atoms with Gasteiger partial charge in [-0.3, -0.25) is 0 Å². The Labute approximate surface area is 99.8 Å². The molecule has 2 aromatic rings. The summed E-state index contributed by atoms with van der Waals surface area (Å²) in [5.74, 6) is -1.86. The third-order valence-corrected chi connectivity index (χ3v) is 2.09. The maximum Gasteiger partial charge on any atom is 0.449 e. The zero-order valence-corrected chi connectivity index (χ0v) is 8.92. The van der Waals surface area contributed by atoms with Gasteiger partial charge >= 0.3 is 6.18 Å². The molecule has 6 heteroatoms. The molecule has 1 aromatic heterocycles. The van der Waals surface area contributed by atoms with E-state index in [1.54, 1.807) is 0 Å². The van der Waals surface area contributed by atoms with Crippen LogP contribution < -0.4 is 4.74 Å². The van der Waals surface area contributed by atoms with Crippen molar-refractivity contribution in [3.63, 3.8) is 0 Å². The van der Waals surface area contributed by atoms with Crippen LogP contribution in [-0.4, -0.2) is 0 Å². The Morgan fingerprint density at radius 3 is 2.61 bits per heavy atom. The van der Waals surface area contributed by atoms with Gasteiger partial charge in [0.1, 0.15) is 12.4 Å². The van der Waals surface area contributed by atoms with Crippen LogP contribution in [0.1, 0.15) is 11.5 Å². The fourth-order valence-corrected chi connectivity index (χ4v) is 1.26. The second kappa shape index (κ2) is 4.72. The third-order valence-electron chi connectivity index (χ3n) is 2.09. The highest BCUT2D eigenvalue weighted by molar-refractivity contribution is 5.23. The maximum absolute atomic E-state index is 13.1. The van der Waals surface area contributed by atoms with Crippen LogP contribution in [0, 0.1) is 11.9 Å². The highest BCUT2D eigenvalue weighted by Gasteiger charge is 2.34. The van der Waals surface area contributed by atoms with Gasteiger partial charge in [-0.25, -0.2) is 4.39 Å². The van der Waals surface area contributed by atoms with Crippen molar-refractivity contribution in [2.75, 3.05) is 0 Å². The molecule has 1 aromatic carbocycles. The molecule has 0 unspecified atom stereocenters. The zero-order valence-electron chi connectivity index (χ0n) is 8.92. The monoisotopic (exact) mass is 259 g/mol. The van der Waals surface area contributed by atoms with Crippen molar-refractivity contribution in [1.82, 2.24) is 0 Å². The van der Waals surface area contributed by atoms with Crippen LogP contribution in [0.5, 0.6) is 5.75 Å². The van der Waals surface area contributed by atoms with Crippen molar-refractivity contribution < 1.29 is 26.7 Å². The highest BCUT2D eigenvalue weighted by atomic mass is 19.4. The van der Waals surface area contributed by atoms with Gasteiger partial charge in [-0.2, -0.15) is 13.2 Å². The standard InChI is InChI=1S/C12H7F4O2/c13-9-3-1-2-4-10(9)17-7-8-5-6-11(18-8)12(14,15)16/h1,3-6H,7H2. The lowest BCUT2D eigenvalue weighted by Gasteiger charge is -2.05. The molecule has 2 nitrogen and oxygen atoms in total. The number of hydrogen-bond acceptors (Lipinski definition) is 2. The van der Waals surface area contributed by atoms with Gasteiger partial charge in [-0.1, -0.05) is 6.07 Å². The lowest BCUT2D eigenvalue weighted by molar-refractivity contribution is -0.153. The summed E-state index contributed by atoms with van der Waals surface area (Å²) < 4.78 is 59.3. The number of halogens is 4. The Balaban J connectivity index is 2.03. The van der Waals surface area contributed by atoms with E-state index in [1.807, 2.05) is 0 Å². The molecule has 1 radical (unpaired) electrons.